The minimum absolute atomic E-state index is 0.00300. The number of imidazole rings is 1. The molecule has 7 heteroatoms. The summed E-state index contributed by atoms with van der Waals surface area (Å²) in [7, 11) is 0. The van der Waals surface area contributed by atoms with Gasteiger partial charge in [-0.15, -0.1) is 0 Å². The van der Waals surface area contributed by atoms with E-state index >= 15 is 0 Å². The van der Waals surface area contributed by atoms with Gasteiger partial charge in [0.05, 0.1) is 24.1 Å². The molecule has 0 bridgehead atoms. The summed E-state index contributed by atoms with van der Waals surface area (Å²) in [5, 5.41) is 4.23. The zero-order valence-corrected chi connectivity index (χ0v) is 22.9. The molecule has 0 spiro atoms. The molecule has 1 amide bonds. The first-order valence-electron chi connectivity index (χ1n) is 13.0. The Hall–Kier alpha value is -4.26. The highest BCUT2D eigenvalue weighted by Gasteiger charge is 2.25. The van der Waals surface area contributed by atoms with E-state index in [1.807, 2.05) is 18.7 Å². The lowest BCUT2D eigenvalue weighted by Crippen LogP contribution is -2.38. The van der Waals surface area contributed by atoms with Crippen molar-refractivity contribution in [2.24, 2.45) is 0 Å². The van der Waals surface area contributed by atoms with Crippen molar-refractivity contribution in [2.75, 3.05) is 0 Å². The van der Waals surface area contributed by atoms with Crippen LogP contribution in [0.1, 0.15) is 57.8 Å². The Morgan fingerprint density at radius 2 is 1.63 bits per heavy atom. The Labute approximate surface area is 223 Å². The number of fused-ring (bicyclic) bond motifs is 1. The summed E-state index contributed by atoms with van der Waals surface area (Å²) in [6.45, 7) is 13.3. The Balaban J connectivity index is 1.59. The van der Waals surface area contributed by atoms with Gasteiger partial charge in [-0.05, 0) is 82.5 Å². The second-order valence-corrected chi connectivity index (χ2v) is 10.4. The second-order valence-electron chi connectivity index (χ2n) is 10.4. The third-order valence-electron chi connectivity index (χ3n) is 6.98. The van der Waals surface area contributed by atoms with Crippen LogP contribution in [0.15, 0.2) is 67.3 Å². The maximum absolute atomic E-state index is 14.0. The van der Waals surface area contributed by atoms with Crippen molar-refractivity contribution >= 4 is 16.9 Å². The lowest BCUT2D eigenvalue weighted by Gasteiger charge is -2.28. The van der Waals surface area contributed by atoms with E-state index in [1.54, 1.807) is 11.0 Å². The van der Waals surface area contributed by atoms with Crippen LogP contribution in [0.3, 0.4) is 0 Å². The predicted molar refractivity (Wildman–Crippen MR) is 151 cm³/mol. The van der Waals surface area contributed by atoms with Crippen molar-refractivity contribution in [1.82, 2.24) is 29.2 Å². The molecule has 0 aliphatic carbocycles. The van der Waals surface area contributed by atoms with Gasteiger partial charge in [0.15, 0.2) is 0 Å². The molecule has 0 fully saturated rings. The number of benzene rings is 3. The SMILES string of the molecule is Cc1ccc(-n2c(CN(C(=O)c3c(C)cc(C)cc3C)C(C)C)nc3cc(Cn4cncn4)ccc32)cc1. The monoisotopic (exact) mass is 506 g/mol. The zero-order valence-electron chi connectivity index (χ0n) is 22.9. The van der Waals surface area contributed by atoms with Crippen molar-refractivity contribution in [2.45, 2.75) is 60.7 Å². The van der Waals surface area contributed by atoms with Gasteiger partial charge >= 0.3 is 0 Å². The van der Waals surface area contributed by atoms with Crippen molar-refractivity contribution in [1.29, 1.82) is 0 Å². The Kier molecular flexibility index (Phi) is 6.85. The van der Waals surface area contributed by atoms with Crippen LogP contribution in [0.25, 0.3) is 16.7 Å². The van der Waals surface area contributed by atoms with Crippen molar-refractivity contribution in [3.8, 4) is 5.69 Å². The molecule has 0 radical (unpaired) electrons. The molecule has 0 aliphatic heterocycles. The van der Waals surface area contributed by atoms with Gasteiger partial charge in [0, 0.05) is 17.3 Å². The van der Waals surface area contributed by atoms with Crippen molar-refractivity contribution in [3.63, 3.8) is 0 Å². The molecule has 38 heavy (non-hydrogen) atoms. The first-order valence-corrected chi connectivity index (χ1v) is 13.0. The second kappa shape index (κ2) is 10.2. The molecule has 0 atom stereocenters. The van der Waals surface area contributed by atoms with Gasteiger partial charge in [-0.3, -0.25) is 9.36 Å². The minimum Gasteiger partial charge on any atom is -0.329 e. The molecular weight excluding hydrogens is 472 g/mol. The molecule has 3 aromatic carbocycles. The Morgan fingerprint density at radius 1 is 0.921 bits per heavy atom. The third kappa shape index (κ3) is 4.96. The molecule has 0 saturated carbocycles. The highest BCUT2D eigenvalue weighted by Crippen LogP contribution is 2.27. The summed E-state index contributed by atoms with van der Waals surface area (Å²) in [6, 6.07) is 18.9. The lowest BCUT2D eigenvalue weighted by atomic mass is 9.98. The van der Waals surface area contributed by atoms with Gasteiger partial charge in [0.2, 0.25) is 0 Å². The van der Waals surface area contributed by atoms with E-state index in [0.29, 0.717) is 13.1 Å². The van der Waals surface area contributed by atoms with Gasteiger partial charge < -0.3 is 4.90 Å². The number of rotatable bonds is 7. The van der Waals surface area contributed by atoms with Crippen LogP contribution < -0.4 is 0 Å². The topological polar surface area (TPSA) is 68.8 Å². The number of amides is 1. The summed E-state index contributed by atoms with van der Waals surface area (Å²) >= 11 is 0. The average molecular weight is 507 g/mol. The number of hydrogen-bond donors (Lipinski definition) is 0. The van der Waals surface area contributed by atoms with E-state index in [1.165, 1.54) is 11.9 Å². The number of carbonyl (C=O) groups excluding carboxylic acids is 1. The highest BCUT2D eigenvalue weighted by molar-refractivity contribution is 5.97. The molecule has 2 heterocycles. The van der Waals surface area contributed by atoms with E-state index in [-0.39, 0.29) is 11.9 Å². The lowest BCUT2D eigenvalue weighted by molar-refractivity contribution is 0.0683. The van der Waals surface area contributed by atoms with E-state index in [4.69, 9.17) is 4.98 Å². The van der Waals surface area contributed by atoms with Gasteiger partial charge in [0.1, 0.15) is 18.5 Å². The van der Waals surface area contributed by atoms with Gasteiger partial charge in [0.25, 0.3) is 5.91 Å². The molecular formula is C31H34N6O. The molecule has 0 N–H and O–H groups in total. The summed E-state index contributed by atoms with van der Waals surface area (Å²) in [6.07, 6.45) is 3.25. The summed E-state index contributed by atoms with van der Waals surface area (Å²) in [5.74, 6) is 0.857. The maximum Gasteiger partial charge on any atom is 0.255 e. The zero-order chi connectivity index (χ0) is 27.0. The molecule has 5 aromatic rings. The summed E-state index contributed by atoms with van der Waals surface area (Å²) < 4.78 is 3.97. The van der Waals surface area contributed by atoms with Gasteiger partial charge in [-0.1, -0.05) is 41.5 Å². The first-order chi connectivity index (χ1) is 18.2. The van der Waals surface area contributed by atoms with E-state index in [0.717, 1.165) is 50.4 Å². The number of carbonyl (C=O) groups is 1. The van der Waals surface area contributed by atoms with E-state index in [2.05, 4.69) is 96.9 Å². The summed E-state index contributed by atoms with van der Waals surface area (Å²) in [5.41, 5.74) is 9.14. The minimum atomic E-state index is -0.00300. The highest BCUT2D eigenvalue weighted by atomic mass is 16.2. The molecule has 194 valence electrons. The van der Waals surface area contributed by atoms with E-state index < -0.39 is 0 Å². The molecule has 0 aliphatic rings. The third-order valence-corrected chi connectivity index (χ3v) is 6.98. The fourth-order valence-electron chi connectivity index (χ4n) is 5.17. The quantitative estimate of drug-likeness (QED) is 0.274. The molecule has 2 aromatic heterocycles. The number of aromatic nitrogens is 5. The van der Waals surface area contributed by atoms with Crippen LogP contribution in [0, 0.1) is 27.7 Å². The number of aryl methyl sites for hydroxylation is 4. The molecule has 0 unspecified atom stereocenters. The summed E-state index contributed by atoms with van der Waals surface area (Å²) in [4.78, 5) is 25.0. The Morgan fingerprint density at radius 3 is 2.26 bits per heavy atom. The van der Waals surface area contributed by atoms with Crippen molar-refractivity contribution < 1.29 is 4.79 Å². The molecule has 5 rings (SSSR count). The van der Waals surface area contributed by atoms with Crippen LogP contribution in [0.4, 0.5) is 0 Å². The van der Waals surface area contributed by atoms with Crippen LogP contribution in [-0.4, -0.2) is 41.2 Å². The predicted octanol–water partition coefficient (Wildman–Crippen LogP) is 5.95. The van der Waals surface area contributed by atoms with Crippen LogP contribution in [0.5, 0.6) is 0 Å². The fourth-order valence-corrected chi connectivity index (χ4v) is 5.17. The number of hydrogen-bond acceptors (Lipinski definition) is 4. The average Bonchev–Trinajstić information content (AvgIpc) is 3.49. The maximum atomic E-state index is 14.0. The smallest absolute Gasteiger partial charge is 0.255 e. The van der Waals surface area contributed by atoms with Crippen LogP contribution in [0.2, 0.25) is 0 Å². The Bertz CT molecular complexity index is 1570. The standard InChI is InChI=1S/C31H34N6O/c1-20(2)36(31(38)30-23(5)13-22(4)14-24(30)6)17-29-34-27-15-25(16-35-19-32-18-33-35)9-12-28(27)37(29)26-10-7-21(3)8-11-26/h7-15,18-20H,16-17H2,1-6H3. The number of nitrogens with zero attached hydrogens (tertiary/aromatic N) is 6. The fraction of sp³-hybridized carbons (Fsp3) is 0.290. The molecule has 7 nitrogen and oxygen atoms in total. The van der Waals surface area contributed by atoms with Crippen LogP contribution in [-0.2, 0) is 13.1 Å². The van der Waals surface area contributed by atoms with E-state index in [9.17, 15) is 4.79 Å². The van der Waals surface area contributed by atoms with Crippen LogP contribution >= 0.6 is 0 Å². The first kappa shape index (κ1) is 25.4. The largest absolute Gasteiger partial charge is 0.329 e. The normalized spacial score (nSPS) is 11.4. The molecule has 0 saturated heterocycles. The van der Waals surface area contributed by atoms with Gasteiger partial charge in [-0.25, -0.2) is 14.6 Å². The van der Waals surface area contributed by atoms with Gasteiger partial charge in [-0.2, -0.15) is 5.10 Å². The van der Waals surface area contributed by atoms with Crippen molar-refractivity contribution in [3.05, 3.63) is 106 Å².